The lowest BCUT2D eigenvalue weighted by Crippen LogP contribution is -2.57. The number of hydrogen-bond donors (Lipinski definition) is 1. The maximum Gasteiger partial charge on any atom is 0.0808 e. The van der Waals surface area contributed by atoms with Crippen molar-refractivity contribution >= 4 is 5.69 Å². The Balaban J connectivity index is 2.36. The van der Waals surface area contributed by atoms with Crippen molar-refractivity contribution in [1.82, 2.24) is 0 Å². The summed E-state index contributed by atoms with van der Waals surface area (Å²) >= 11 is 0. The van der Waals surface area contributed by atoms with Crippen molar-refractivity contribution in [2.45, 2.75) is 58.3 Å². The molecular weight excluding hydrogens is 250 g/mol. The Hall–Kier alpha value is -1.06. The van der Waals surface area contributed by atoms with Crippen molar-refractivity contribution in [2.75, 3.05) is 18.0 Å². The lowest BCUT2D eigenvalue weighted by Gasteiger charge is -2.48. The quantitative estimate of drug-likeness (QED) is 0.917. The zero-order chi connectivity index (χ0) is 15.0. The van der Waals surface area contributed by atoms with Gasteiger partial charge in [-0.05, 0) is 40.2 Å². The van der Waals surface area contributed by atoms with E-state index in [0.717, 1.165) is 30.8 Å². The number of aliphatic hydroxyl groups is 1. The Kier molecular flexibility index (Phi) is 4.12. The van der Waals surface area contributed by atoms with Crippen molar-refractivity contribution in [1.29, 1.82) is 0 Å². The molecule has 3 heteroatoms. The Labute approximate surface area is 122 Å². The summed E-state index contributed by atoms with van der Waals surface area (Å²) in [5.74, 6) is 0. The van der Waals surface area contributed by atoms with Crippen LogP contribution in [0.4, 0.5) is 5.69 Å². The van der Waals surface area contributed by atoms with E-state index in [1.807, 2.05) is 25.1 Å². The van der Waals surface area contributed by atoms with Gasteiger partial charge in [0.2, 0.25) is 0 Å². The van der Waals surface area contributed by atoms with Gasteiger partial charge in [-0.1, -0.05) is 25.1 Å². The van der Waals surface area contributed by atoms with Crippen molar-refractivity contribution in [3.63, 3.8) is 0 Å². The topological polar surface area (TPSA) is 32.7 Å². The highest BCUT2D eigenvalue weighted by Gasteiger charge is 2.38. The highest BCUT2D eigenvalue weighted by Crippen LogP contribution is 2.35. The maximum absolute atomic E-state index is 10.2. The second kappa shape index (κ2) is 5.38. The molecule has 1 aromatic rings. The van der Waals surface area contributed by atoms with Crippen LogP contribution in [-0.4, -0.2) is 29.4 Å². The van der Waals surface area contributed by atoms with Crippen LogP contribution in [0.15, 0.2) is 24.3 Å². The van der Waals surface area contributed by atoms with Gasteiger partial charge in [-0.3, -0.25) is 0 Å². The van der Waals surface area contributed by atoms with Crippen LogP contribution in [-0.2, 0) is 4.74 Å². The van der Waals surface area contributed by atoms with Crippen LogP contribution in [0, 0.1) is 0 Å². The van der Waals surface area contributed by atoms with Crippen molar-refractivity contribution in [2.24, 2.45) is 0 Å². The number of hydrogen-bond acceptors (Lipinski definition) is 3. The van der Waals surface area contributed by atoms with Crippen LogP contribution in [0.2, 0.25) is 0 Å². The molecule has 0 amide bonds. The van der Waals surface area contributed by atoms with Crippen LogP contribution >= 0.6 is 0 Å². The first-order chi connectivity index (χ1) is 9.24. The molecule has 112 valence electrons. The van der Waals surface area contributed by atoms with Gasteiger partial charge in [0.25, 0.3) is 0 Å². The average Bonchev–Trinajstić information content (AvgIpc) is 2.34. The first kappa shape index (κ1) is 15.3. The van der Waals surface area contributed by atoms with E-state index >= 15 is 0 Å². The second-order valence-electron chi connectivity index (χ2n) is 6.96. The summed E-state index contributed by atoms with van der Waals surface area (Å²) < 4.78 is 6.14. The number of para-hydroxylation sites is 1. The molecule has 1 atom stereocenters. The number of aliphatic hydroxyl groups excluding tert-OH is 1. The molecule has 1 N–H and O–H groups in total. The summed E-state index contributed by atoms with van der Waals surface area (Å²) in [6.45, 7) is 12.2. The average molecular weight is 277 g/mol. The number of morpholine rings is 1. The number of rotatable bonds is 3. The predicted molar refractivity (Wildman–Crippen MR) is 83.1 cm³/mol. The molecular formula is C17H27NO2. The van der Waals surface area contributed by atoms with E-state index in [1.54, 1.807) is 0 Å². The number of ether oxygens (including phenoxy) is 1. The van der Waals surface area contributed by atoms with Gasteiger partial charge in [0, 0.05) is 24.3 Å². The van der Waals surface area contributed by atoms with E-state index in [4.69, 9.17) is 4.74 Å². The molecule has 0 aliphatic carbocycles. The van der Waals surface area contributed by atoms with E-state index in [1.165, 1.54) is 0 Å². The lowest BCUT2D eigenvalue weighted by molar-refractivity contribution is -0.133. The van der Waals surface area contributed by atoms with Crippen LogP contribution in [0.25, 0.3) is 0 Å². The summed E-state index contributed by atoms with van der Waals surface area (Å²) in [4.78, 5) is 2.34. The van der Waals surface area contributed by atoms with Crippen LogP contribution in [0.1, 0.15) is 52.7 Å². The minimum absolute atomic E-state index is 0.188. The van der Waals surface area contributed by atoms with Crippen LogP contribution in [0.5, 0.6) is 0 Å². The first-order valence-electron chi connectivity index (χ1n) is 7.46. The highest BCUT2D eigenvalue weighted by atomic mass is 16.5. The SMILES string of the molecule is CC[C@H](O)c1ccccc1N1CC(C)(C)OC(C)(C)C1. The predicted octanol–water partition coefficient (Wildman–Crippen LogP) is 3.52. The van der Waals surface area contributed by atoms with Gasteiger partial charge in [-0.2, -0.15) is 0 Å². The van der Waals surface area contributed by atoms with E-state index in [0.29, 0.717) is 0 Å². The molecule has 1 fully saturated rings. The standard InChI is InChI=1S/C17H27NO2/c1-6-15(19)13-9-7-8-10-14(13)18-11-16(2,3)20-17(4,5)12-18/h7-10,15,19H,6,11-12H2,1-5H3/t15-/m0/s1. The molecule has 1 saturated heterocycles. The van der Waals surface area contributed by atoms with Crippen molar-refractivity contribution in [3.8, 4) is 0 Å². The van der Waals surface area contributed by atoms with E-state index in [9.17, 15) is 5.11 Å². The Bertz CT molecular complexity index is 452. The minimum Gasteiger partial charge on any atom is -0.388 e. The van der Waals surface area contributed by atoms with Crippen molar-refractivity contribution in [3.05, 3.63) is 29.8 Å². The maximum atomic E-state index is 10.2. The molecule has 0 saturated carbocycles. The Morgan fingerprint density at radius 1 is 1.15 bits per heavy atom. The normalized spacial score (nSPS) is 22.6. The Morgan fingerprint density at radius 2 is 1.70 bits per heavy atom. The van der Waals surface area contributed by atoms with Crippen molar-refractivity contribution < 1.29 is 9.84 Å². The zero-order valence-electron chi connectivity index (χ0n) is 13.3. The largest absolute Gasteiger partial charge is 0.388 e. The third kappa shape index (κ3) is 3.33. The number of anilines is 1. The summed E-state index contributed by atoms with van der Waals surface area (Å²) in [6, 6.07) is 8.16. The molecule has 1 aliphatic heterocycles. The molecule has 3 nitrogen and oxygen atoms in total. The molecule has 1 aromatic carbocycles. The molecule has 1 aliphatic rings. The fourth-order valence-corrected chi connectivity index (χ4v) is 3.24. The Morgan fingerprint density at radius 3 is 2.25 bits per heavy atom. The first-order valence-corrected chi connectivity index (χ1v) is 7.46. The highest BCUT2D eigenvalue weighted by molar-refractivity contribution is 5.55. The van der Waals surface area contributed by atoms with Crippen LogP contribution in [0.3, 0.4) is 0 Å². The monoisotopic (exact) mass is 277 g/mol. The summed E-state index contributed by atoms with van der Waals surface area (Å²) in [5, 5.41) is 10.2. The van der Waals surface area contributed by atoms with Crippen LogP contribution < -0.4 is 4.90 Å². The fourth-order valence-electron chi connectivity index (χ4n) is 3.24. The summed E-state index contributed by atoms with van der Waals surface area (Å²) in [7, 11) is 0. The molecule has 1 heterocycles. The molecule has 0 unspecified atom stereocenters. The van der Waals surface area contributed by atoms with Gasteiger partial charge >= 0.3 is 0 Å². The zero-order valence-corrected chi connectivity index (χ0v) is 13.3. The minimum atomic E-state index is -0.403. The fraction of sp³-hybridized carbons (Fsp3) is 0.647. The number of benzene rings is 1. The van der Waals surface area contributed by atoms with Gasteiger partial charge in [0.05, 0.1) is 17.3 Å². The third-order valence-corrected chi connectivity index (χ3v) is 3.72. The molecule has 20 heavy (non-hydrogen) atoms. The molecule has 0 spiro atoms. The smallest absolute Gasteiger partial charge is 0.0808 e. The van der Waals surface area contributed by atoms with E-state index < -0.39 is 6.10 Å². The second-order valence-corrected chi connectivity index (χ2v) is 6.96. The number of nitrogens with zero attached hydrogens (tertiary/aromatic N) is 1. The van der Waals surface area contributed by atoms with Gasteiger partial charge in [0.1, 0.15) is 0 Å². The van der Waals surface area contributed by atoms with Gasteiger partial charge in [-0.15, -0.1) is 0 Å². The van der Waals surface area contributed by atoms with E-state index in [2.05, 4.69) is 38.7 Å². The molecule has 0 radical (unpaired) electrons. The third-order valence-electron chi connectivity index (χ3n) is 3.72. The van der Waals surface area contributed by atoms with Gasteiger partial charge in [-0.25, -0.2) is 0 Å². The summed E-state index contributed by atoms with van der Waals surface area (Å²) in [6.07, 6.45) is 0.328. The molecule has 2 rings (SSSR count). The molecule has 0 aromatic heterocycles. The van der Waals surface area contributed by atoms with Gasteiger partial charge in [0.15, 0.2) is 0 Å². The lowest BCUT2D eigenvalue weighted by atomic mass is 9.96. The summed E-state index contributed by atoms with van der Waals surface area (Å²) in [5.41, 5.74) is 1.77. The van der Waals surface area contributed by atoms with E-state index in [-0.39, 0.29) is 11.2 Å². The molecule has 0 bridgehead atoms. The van der Waals surface area contributed by atoms with Gasteiger partial charge < -0.3 is 14.7 Å².